The van der Waals surface area contributed by atoms with Crippen molar-refractivity contribution in [2.24, 2.45) is 5.92 Å². The summed E-state index contributed by atoms with van der Waals surface area (Å²) in [6, 6.07) is 7.79. The molecule has 3 fully saturated rings. The third-order valence-electron chi connectivity index (χ3n) is 8.30. The van der Waals surface area contributed by atoms with Crippen LogP contribution in [0.3, 0.4) is 0 Å². The molecular weight excluding hydrogens is 497 g/mol. The third-order valence-corrected chi connectivity index (χ3v) is 8.30. The van der Waals surface area contributed by atoms with Crippen LogP contribution in [0, 0.1) is 11.7 Å². The predicted molar refractivity (Wildman–Crippen MR) is 133 cm³/mol. The van der Waals surface area contributed by atoms with Crippen LogP contribution >= 0.6 is 0 Å². The van der Waals surface area contributed by atoms with Crippen molar-refractivity contribution in [2.75, 3.05) is 6.54 Å². The number of aromatic nitrogens is 3. The average Bonchev–Trinajstić information content (AvgIpc) is 3.59. The summed E-state index contributed by atoms with van der Waals surface area (Å²) < 4.78 is 44.3. The molecular formula is C28H29F3N4O3. The lowest BCUT2D eigenvalue weighted by Crippen LogP contribution is -2.39. The number of rotatable bonds is 5. The van der Waals surface area contributed by atoms with Gasteiger partial charge in [-0.25, -0.2) is 22.7 Å². The van der Waals surface area contributed by atoms with E-state index >= 15 is 4.39 Å². The zero-order valence-electron chi connectivity index (χ0n) is 21.0. The Kier molecular flexibility index (Phi) is 5.96. The van der Waals surface area contributed by atoms with Gasteiger partial charge < -0.3 is 10.0 Å². The summed E-state index contributed by atoms with van der Waals surface area (Å²) in [5.74, 6) is -5.63. The SMILES string of the molecule is C[C@@H]1CCCCCN1C(=O)c1cc(C2CC(F)(F)C2)n2nc(-c3ccc(C4C[C@H]4C(=O)O)cc3F)cc2n1. The highest BCUT2D eigenvalue weighted by Gasteiger charge is 2.47. The number of amides is 1. The van der Waals surface area contributed by atoms with Crippen molar-refractivity contribution in [3.05, 3.63) is 53.1 Å². The molecule has 2 aliphatic carbocycles. The van der Waals surface area contributed by atoms with Crippen LogP contribution in [-0.2, 0) is 4.79 Å². The van der Waals surface area contributed by atoms with Gasteiger partial charge >= 0.3 is 5.97 Å². The first-order valence-corrected chi connectivity index (χ1v) is 13.2. The topological polar surface area (TPSA) is 87.8 Å². The molecule has 2 saturated carbocycles. The van der Waals surface area contributed by atoms with Crippen molar-refractivity contribution in [1.82, 2.24) is 19.5 Å². The smallest absolute Gasteiger partial charge is 0.307 e. The fourth-order valence-corrected chi connectivity index (χ4v) is 5.93. The van der Waals surface area contributed by atoms with Crippen molar-refractivity contribution in [3.8, 4) is 11.3 Å². The number of likely N-dealkylation sites (tertiary alicyclic amines) is 1. The number of hydrogen-bond donors (Lipinski definition) is 1. The van der Waals surface area contributed by atoms with Crippen LogP contribution in [0.5, 0.6) is 0 Å². The Bertz CT molecular complexity index is 1430. The number of carboxylic acid groups (broad SMARTS) is 1. The van der Waals surface area contributed by atoms with Crippen LogP contribution in [-0.4, -0.2) is 55.0 Å². The lowest BCUT2D eigenvalue weighted by molar-refractivity contribution is -0.138. The highest BCUT2D eigenvalue weighted by atomic mass is 19.3. The summed E-state index contributed by atoms with van der Waals surface area (Å²) in [5.41, 5.74) is 2.05. The second-order valence-corrected chi connectivity index (χ2v) is 11.1. The Morgan fingerprint density at radius 1 is 1.11 bits per heavy atom. The number of benzene rings is 1. The lowest BCUT2D eigenvalue weighted by atomic mass is 9.79. The van der Waals surface area contributed by atoms with E-state index in [1.807, 2.05) is 11.8 Å². The second kappa shape index (κ2) is 9.10. The highest BCUT2D eigenvalue weighted by molar-refractivity contribution is 5.93. The van der Waals surface area contributed by atoms with Gasteiger partial charge in [-0.2, -0.15) is 5.10 Å². The van der Waals surface area contributed by atoms with Gasteiger partial charge in [0.2, 0.25) is 5.92 Å². The van der Waals surface area contributed by atoms with Crippen LogP contribution in [0.4, 0.5) is 13.2 Å². The van der Waals surface area contributed by atoms with E-state index < -0.39 is 29.5 Å². The maximum atomic E-state index is 15.2. The Labute approximate surface area is 217 Å². The fraction of sp³-hybridized carbons (Fsp3) is 0.500. The van der Waals surface area contributed by atoms with Crippen molar-refractivity contribution in [2.45, 2.75) is 75.7 Å². The number of carboxylic acids is 1. The van der Waals surface area contributed by atoms with Crippen LogP contribution < -0.4 is 0 Å². The zero-order valence-corrected chi connectivity index (χ0v) is 21.0. The molecule has 1 unspecified atom stereocenters. The van der Waals surface area contributed by atoms with Crippen LogP contribution in [0.25, 0.3) is 16.9 Å². The quantitative estimate of drug-likeness (QED) is 0.465. The van der Waals surface area contributed by atoms with Crippen LogP contribution in [0.15, 0.2) is 30.3 Å². The predicted octanol–water partition coefficient (Wildman–Crippen LogP) is 5.64. The summed E-state index contributed by atoms with van der Waals surface area (Å²) in [6.07, 6.45) is 3.70. The van der Waals surface area contributed by atoms with Gasteiger partial charge in [-0.3, -0.25) is 9.59 Å². The maximum Gasteiger partial charge on any atom is 0.307 e. The van der Waals surface area contributed by atoms with E-state index in [9.17, 15) is 23.5 Å². The highest BCUT2D eigenvalue weighted by Crippen LogP contribution is 2.49. The number of nitrogens with zero attached hydrogens (tertiary/aromatic N) is 4. The minimum atomic E-state index is -2.77. The standard InChI is InChI=1S/C28H29F3N4O3/c1-15-5-3-2-4-8-34(15)26(36)23-11-24(17-13-28(30,31)14-17)35-25(32-23)12-22(33-35)18-7-6-16(9-21(18)29)19-10-20(19)27(37)38/h6-7,9,11-12,15,17,19-20H,2-5,8,10,13-14H2,1H3,(H,37,38)/t15-,19?,20-/m1/s1. The van der Waals surface area contributed by atoms with Gasteiger partial charge in [-0.05, 0) is 55.9 Å². The van der Waals surface area contributed by atoms with Crippen molar-refractivity contribution in [3.63, 3.8) is 0 Å². The number of fused-ring (bicyclic) bond motifs is 1. The van der Waals surface area contributed by atoms with Gasteiger partial charge in [-0.15, -0.1) is 0 Å². The Hall–Kier alpha value is -3.43. The zero-order chi connectivity index (χ0) is 26.8. The molecule has 38 heavy (non-hydrogen) atoms. The Morgan fingerprint density at radius 3 is 2.58 bits per heavy atom. The summed E-state index contributed by atoms with van der Waals surface area (Å²) in [7, 11) is 0. The molecule has 1 saturated heterocycles. The van der Waals surface area contributed by atoms with Crippen LogP contribution in [0.2, 0.25) is 0 Å². The van der Waals surface area contributed by atoms with Crippen molar-refractivity contribution >= 4 is 17.5 Å². The van der Waals surface area contributed by atoms with Gasteiger partial charge in [0, 0.05) is 43.0 Å². The largest absolute Gasteiger partial charge is 0.481 e. The maximum absolute atomic E-state index is 15.2. The summed E-state index contributed by atoms with van der Waals surface area (Å²) in [5, 5.41) is 13.7. The van der Waals surface area contributed by atoms with Gasteiger partial charge in [0.25, 0.3) is 5.91 Å². The minimum Gasteiger partial charge on any atom is -0.481 e. The number of aliphatic carboxylic acids is 1. The Balaban J connectivity index is 1.38. The molecule has 1 aromatic carbocycles. The molecule has 0 radical (unpaired) electrons. The van der Waals surface area contributed by atoms with Gasteiger partial charge in [0.1, 0.15) is 11.5 Å². The molecule has 6 rings (SSSR count). The Morgan fingerprint density at radius 2 is 1.89 bits per heavy atom. The van der Waals surface area contributed by atoms with Crippen LogP contribution in [0.1, 0.15) is 85.5 Å². The molecule has 1 N–H and O–H groups in total. The average molecular weight is 527 g/mol. The second-order valence-electron chi connectivity index (χ2n) is 11.1. The first-order valence-electron chi connectivity index (χ1n) is 13.2. The minimum absolute atomic E-state index is 0.0554. The molecule has 7 nitrogen and oxygen atoms in total. The fourth-order valence-electron chi connectivity index (χ4n) is 5.93. The summed E-state index contributed by atoms with van der Waals surface area (Å²) in [4.78, 5) is 31.1. The van der Waals surface area contributed by atoms with E-state index in [1.54, 1.807) is 24.3 Å². The summed E-state index contributed by atoms with van der Waals surface area (Å²) >= 11 is 0. The molecule has 10 heteroatoms. The van der Waals surface area contributed by atoms with Gasteiger partial charge in [0.05, 0.1) is 17.3 Å². The molecule has 0 bridgehead atoms. The number of halogens is 3. The molecule has 3 aliphatic rings. The van der Waals surface area contributed by atoms with E-state index in [2.05, 4.69) is 10.1 Å². The van der Waals surface area contributed by atoms with E-state index in [1.165, 1.54) is 10.6 Å². The molecule has 2 aromatic heterocycles. The van der Waals surface area contributed by atoms with Gasteiger partial charge in [0.15, 0.2) is 5.65 Å². The molecule has 200 valence electrons. The lowest BCUT2D eigenvalue weighted by Gasteiger charge is -2.35. The van der Waals surface area contributed by atoms with Crippen molar-refractivity contribution < 1.29 is 27.9 Å². The normalized spacial score (nSPS) is 25.2. The molecule has 3 aromatic rings. The number of alkyl halides is 2. The first-order chi connectivity index (χ1) is 18.1. The van der Waals surface area contributed by atoms with E-state index in [4.69, 9.17) is 0 Å². The summed E-state index contributed by atoms with van der Waals surface area (Å²) in [6.45, 7) is 2.63. The number of hydrogen-bond acceptors (Lipinski definition) is 4. The van der Waals surface area contributed by atoms with E-state index in [0.29, 0.717) is 29.9 Å². The third kappa shape index (κ3) is 4.43. The van der Waals surface area contributed by atoms with Crippen molar-refractivity contribution in [1.29, 1.82) is 0 Å². The molecule has 3 heterocycles. The number of carbonyl (C=O) groups is 2. The molecule has 0 spiro atoms. The van der Waals surface area contributed by atoms with E-state index in [0.717, 1.165) is 25.7 Å². The molecule has 1 amide bonds. The van der Waals surface area contributed by atoms with E-state index in [-0.39, 0.29) is 47.7 Å². The van der Waals surface area contributed by atoms with Gasteiger partial charge in [-0.1, -0.05) is 18.9 Å². The number of carbonyl (C=O) groups excluding carboxylic acids is 1. The molecule has 3 atom stereocenters. The first kappa shape index (κ1) is 24.9. The molecule has 1 aliphatic heterocycles. The monoisotopic (exact) mass is 526 g/mol.